The van der Waals surface area contributed by atoms with Crippen LogP contribution in [0.5, 0.6) is 5.75 Å². The van der Waals surface area contributed by atoms with Gasteiger partial charge in [-0.15, -0.1) is 0 Å². The number of hydrogen-bond acceptors (Lipinski definition) is 19. The van der Waals surface area contributed by atoms with Crippen LogP contribution in [0.1, 0.15) is 10.4 Å². The van der Waals surface area contributed by atoms with Crippen molar-refractivity contribution in [3.8, 4) is 11.9 Å². The Labute approximate surface area is 369 Å². The first kappa shape index (κ1) is 49.6. The number of nitrogens with one attached hydrogen (secondary N) is 5. The Bertz CT molecular complexity index is 2610. The Morgan fingerprint density at radius 1 is 0.885 bits per heavy atom. The van der Waals surface area contributed by atoms with Gasteiger partial charge >= 0.3 is 35.5 Å². The van der Waals surface area contributed by atoms with Crippen molar-refractivity contribution in [3.63, 3.8) is 0 Å². The number of methoxy groups -OCH3 is 1. The summed E-state index contributed by atoms with van der Waals surface area (Å²) in [6, 6.07) is 15.5. The van der Waals surface area contributed by atoms with Crippen molar-refractivity contribution in [2.45, 2.75) is 9.79 Å². The molecule has 0 aliphatic carbocycles. The van der Waals surface area contributed by atoms with E-state index in [2.05, 4.69) is 36.4 Å². The van der Waals surface area contributed by atoms with E-state index >= 15 is 0 Å². The molecule has 0 radical (unpaired) electrons. The van der Waals surface area contributed by atoms with Gasteiger partial charge < -0.3 is 39.4 Å². The van der Waals surface area contributed by atoms with Crippen LogP contribution < -0.4 is 60.6 Å². The quantitative estimate of drug-likeness (QED) is 0.0141. The predicted octanol–water partition coefficient (Wildman–Crippen LogP) is -3.97. The number of guanidine groups is 1. The fourth-order valence-corrected chi connectivity index (χ4v) is 6.50. The number of carbonyl (C=O) groups excluding carboxylic acids is 3. The molecule has 0 spiro atoms. The molecule has 0 bridgehead atoms. The smallest absolute Gasteiger partial charge is 0.744 e. The molecule has 0 aromatic heterocycles. The number of anilines is 2. The molecule has 1 aliphatic rings. The van der Waals surface area contributed by atoms with Crippen LogP contribution in [0.4, 0.5) is 22.7 Å². The SMILES string of the molecule is COc1cc(N=Nc2ccc3cc(S(=O)(=O)[O-])cc(S(=O)(=O)[O-])c3c2)ccc1NC(=O)c1ccc(NN=C2C(=O)N=C(NC#N)NC2=O)cc1.OCC[NH+](CCO)CCO.[Na+]. The number of ether oxygens (including phenoxy) is 1. The number of amides is 3. The Morgan fingerprint density at radius 2 is 1.49 bits per heavy atom. The number of hydrazone groups is 1. The van der Waals surface area contributed by atoms with E-state index in [-0.39, 0.29) is 94.5 Å². The number of nitrogens with zero attached hydrogens (tertiary/aromatic N) is 5. The summed E-state index contributed by atoms with van der Waals surface area (Å²) in [6.07, 6.45) is 1.52. The summed E-state index contributed by atoms with van der Waals surface area (Å²) >= 11 is 0. The topological polar surface area (TPSA) is 361 Å². The largest absolute Gasteiger partial charge is 1.00 e. The zero-order valence-electron chi connectivity index (χ0n) is 32.1. The standard InChI is InChI=1S/C29H21N9O10S2.C6H15NO3.Na/c1-48-23-12-19(37-36-18-7-4-16-10-20(49(42,43)44)13-24(21(16)11-18)50(45,46)47)8-9-22(23)32-26(39)15-2-5-17(6-3-15)35-38-25-27(40)33-29(31-14-30)34-28(25)41;8-4-1-7(2-5-9)3-6-10;/h2-13,35H,1H3,(H,32,39)(H,42,43,44)(H,45,46,47)(H2,31,33,34,40,41);8-10H,1-6H2;/q;;+1/p-1. The van der Waals surface area contributed by atoms with E-state index in [0.29, 0.717) is 31.4 Å². The van der Waals surface area contributed by atoms with E-state index in [9.17, 15) is 40.3 Å². The van der Waals surface area contributed by atoms with Gasteiger partial charge in [-0.1, -0.05) is 6.07 Å². The molecule has 316 valence electrons. The number of fused-ring (bicyclic) bond motifs is 1. The van der Waals surface area contributed by atoms with E-state index < -0.39 is 53.5 Å². The third-order valence-electron chi connectivity index (χ3n) is 8.02. The van der Waals surface area contributed by atoms with Gasteiger partial charge in [-0.2, -0.15) is 25.6 Å². The number of hydrogen-bond donors (Lipinski definition) is 8. The van der Waals surface area contributed by atoms with Crippen molar-refractivity contribution in [2.24, 2.45) is 20.3 Å². The summed E-state index contributed by atoms with van der Waals surface area (Å²) in [7, 11) is -8.88. The second-order valence-electron chi connectivity index (χ2n) is 12.1. The fourth-order valence-electron chi connectivity index (χ4n) is 5.18. The van der Waals surface area contributed by atoms with Crippen LogP contribution in [-0.2, 0) is 29.8 Å². The van der Waals surface area contributed by atoms with Crippen LogP contribution >= 0.6 is 0 Å². The Balaban J connectivity index is 0.000000801. The molecule has 23 nitrogen and oxygen atoms in total. The molecule has 0 saturated carbocycles. The summed E-state index contributed by atoms with van der Waals surface area (Å²) in [5.41, 5.74) is 3.10. The zero-order valence-corrected chi connectivity index (χ0v) is 35.8. The van der Waals surface area contributed by atoms with Crippen molar-refractivity contribution in [1.29, 1.82) is 5.26 Å². The Kier molecular flexibility index (Phi) is 18.5. The van der Waals surface area contributed by atoms with Crippen LogP contribution in [0, 0.1) is 11.5 Å². The van der Waals surface area contributed by atoms with Crippen molar-refractivity contribution in [2.75, 3.05) is 57.3 Å². The number of carbonyl (C=O) groups is 3. The zero-order chi connectivity index (χ0) is 44.0. The van der Waals surface area contributed by atoms with Gasteiger partial charge in [-0.3, -0.25) is 30.4 Å². The molecule has 0 saturated heterocycles. The Hall–Kier alpha value is -5.76. The molecular weight excluding hydrogens is 856 g/mol. The molecule has 8 N–H and O–H groups in total. The average Bonchev–Trinajstić information content (AvgIpc) is 3.19. The summed E-state index contributed by atoms with van der Waals surface area (Å²) in [4.78, 5) is 39.8. The van der Waals surface area contributed by atoms with Gasteiger partial charge in [0.05, 0.1) is 59.5 Å². The number of benzene rings is 4. The molecule has 61 heavy (non-hydrogen) atoms. The molecule has 0 fully saturated rings. The number of aliphatic hydroxyl groups is 3. The fraction of sp³-hybridized carbons (Fsp3) is 0.200. The first-order valence-electron chi connectivity index (χ1n) is 17.1. The van der Waals surface area contributed by atoms with Gasteiger partial charge in [0.15, 0.2) is 6.19 Å². The van der Waals surface area contributed by atoms with Crippen molar-refractivity contribution < 1.29 is 94.8 Å². The number of nitriles is 1. The predicted molar refractivity (Wildman–Crippen MR) is 209 cm³/mol. The minimum absolute atomic E-state index is 0. The summed E-state index contributed by atoms with van der Waals surface area (Å²) in [5, 5.41) is 52.7. The van der Waals surface area contributed by atoms with Crippen LogP contribution in [0.15, 0.2) is 103 Å². The monoisotopic (exact) mass is 890 g/mol. The van der Waals surface area contributed by atoms with E-state index in [1.807, 2.05) is 5.32 Å². The number of azo groups is 1. The van der Waals surface area contributed by atoms with E-state index in [1.54, 1.807) is 0 Å². The van der Waals surface area contributed by atoms with Gasteiger partial charge in [-0.25, -0.2) is 16.8 Å². The molecular formula is C35H35N10NaO13S2. The minimum atomic E-state index is -5.18. The maximum Gasteiger partial charge on any atom is 1.00 e. The molecule has 0 atom stereocenters. The number of aliphatic hydroxyl groups excluding tert-OH is 3. The second-order valence-corrected chi connectivity index (χ2v) is 14.8. The van der Waals surface area contributed by atoms with Crippen LogP contribution in [0.2, 0.25) is 0 Å². The van der Waals surface area contributed by atoms with Crippen LogP contribution in [-0.4, -0.2) is 117 Å². The molecule has 26 heteroatoms. The van der Waals surface area contributed by atoms with Gasteiger partial charge in [-0.05, 0) is 66.0 Å². The van der Waals surface area contributed by atoms with Gasteiger partial charge in [0, 0.05) is 17.0 Å². The van der Waals surface area contributed by atoms with Crippen molar-refractivity contribution in [1.82, 2.24) is 10.6 Å². The molecule has 3 amide bonds. The molecule has 1 aliphatic heterocycles. The maximum atomic E-state index is 12.9. The number of rotatable bonds is 15. The van der Waals surface area contributed by atoms with Gasteiger partial charge in [0.2, 0.25) is 11.7 Å². The minimum Gasteiger partial charge on any atom is -0.744 e. The first-order valence-corrected chi connectivity index (χ1v) is 19.9. The number of quaternary nitrogens is 1. The van der Waals surface area contributed by atoms with E-state index in [0.717, 1.165) is 11.0 Å². The maximum absolute atomic E-state index is 12.9. The van der Waals surface area contributed by atoms with Crippen LogP contribution in [0.25, 0.3) is 10.8 Å². The number of aliphatic imine (C=N–C) groups is 1. The molecule has 4 aromatic rings. The third kappa shape index (κ3) is 14.2. The average molecular weight is 891 g/mol. The molecule has 1 heterocycles. The second kappa shape index (κ2) is 22.7. The van der Waals surface area contributed by atoms with Crippen molar-refractivity contribution in [3.05, 3.63) is 78.4 Å². The normalized spacial score (nSPS) is 13.4. The summed E-state index contributed by atoms with van der Waals surface area (Å²) < 4.78 is 75.2. The molecule has 4 aromatic carbocycles. The van der Waals surface area contributed by atoms with Crippen LogP contribution in [0.3, 0.4) is 0 Å². The summed E-state index contributed by atoms with van der Waals surface area (Å²) in [6.45, 7) is 2.11. The molecule has 5 rings (SSSR count). The van der Waals surface area contributed by atoms with Gasteiger partial charge in [0.25, 0.3) is 11.8 Å². The van der Waals surface area contributed by atoms with Gasteiger partial charge in [0.1, 0.15) is 45.6 Å². The van der Waals surface area contributed by atoms with Crippen molar-refractivity contribution >= 4 is 83.2 Å². The molecule has 0 unspecified atom stereocenters. The van der Waals surface area contributed by atoms with E-state index in [4.69, 9.17) is 25.3 Å². The Morgan fingerprint density at radius 3 is 2.03 bits per heavy atom. The summed E-state index contributed by atoms with van der Waals surface area (Å²) in [5.74, 6) is -2.52. The first-order chi connectivity index (χ1) is 28.5. The third-order valence-corrected chi connectivity index (χ3v) is 9.71. The van der Waals surface area contributed by atoms with E-state index in [1.165, 1.54) is 74.0 Å².